The van der Waals surface area contributed by atoms with Crippen molar-refractivity contribution in [2.45, 2.75) is 23.5 Å². The fourth-order valence-electron chi connectivity index (χ4n) is 2.13. The summed E-state index contributed by atoms with van der Waals surface area (Å²) in [6, 6.07) is 2.01. The van der Waals surface area contributed by atoms with Gasteiger partial charge >= 0.3 is 0 Å². The Morgan fingerprint density at radius 3 is 2.65 bits per heavy atom. The van der Waals surface area contributed by atoms with E-state index in [1.807, 2.05) is 0 Å². The first kappa shape index (κ1) is 15.1. The summed E-state index contributed by atoms with van der Waals surface area (Å²) in [5, 5.41) is -0.337. The summed E-state index contributed by atoms with van der Waals surface area (Å²) in [5.74, 6) is -2.05. The second-order valence-corrected chi connectivity index (χ2v) is 6.61. The molecule has 1 aliphatic rings. The van der Waals surface area contributed by atoms with E-state index >= 15 is 0 Å². The Bertz CT molecular complexity index is 633. The molecule has 2 rings (SSSR count). The van der Waals surface area contributed by atoms with Gasteiger partial charge in [-0.05, 0) is 12.1 Å². The molecular formula is C11H11ClF2N2O3S. The van der Waals surface area contributed by atoms with Gasteiger partial charge in [-0.2, -0.15) is 4.31 Å². The molecule has 9 heteroatoms. The number of hydrogen-bond donors (Lipinski definition) is 1. The molecular weight excluding hydrogens is 314 g/mol. The minimum Gasteiger partial charge on any atom is -0.368 e. The Kier molecular flexibility index (Phi) is 3.99. The van der Waals surface area contributed by atoms with Crippen molar-refractivity contribution in [3.63, 3.8) is 0 Å². The van der Waals surface area contributed by atoms with Gasteiger partial charge in [-0.15, -0.1) is 0 Å². The van der Waals surface area contributed by atoms with E-state index in [0.717, 1.165) is 6.07 Å². The van der Waals surface area contributed by atoms with Gasteiger partial charge in [0.25, 0.3) is 0 Å². The molecule has 0 saturated carbocycles. The fraction of sp³-hybridized carbons (Fsp3) is 0.364. The van der Waals surface area contributed by atoms with Crippen LogP contribution in [0.3, 0.4) is 0 Å². The van der Waals surface area contributed by atoms with E-state index < -0.39 is 45.4 Å². The highest BCUT2D eigenvalue weighted by Gasteiger charge is 2.44. The second-order valence-electron chi connectivity index (χ2n) is 4.38. The molecule has 1 saturated heterocycles. The lowest BCUT2D eigenvalue weighted by molar-refractivity contribution is -0.121. The fourth-order valence-corrected chi connectivity index (χ4v) is 4.33. The van der Waals surface area contributed by atoms with E-state index in [1.54, 1.807) is 0 Å². The zero-order chi connectivity index (χ0) is 15.1. The molecule has 2 N–H and O–H groups in total. The Labute approximate surface area is 119 Å². The van der Waals surface area contributed by atoms with Crippen molar-refractivity contribution in [2.75, 3.05) is 6.54 Å². The molecule has 1 aromatic carbocycles. The van der Waals surface area contributed by atoms with Crippen LogP contribution in [0.5, 0.6) is 0 Å². The molecule has 5 nitrogen and oxygen atoms in total. The first-order chi connectivity index (χ1) is 9.25. The Morgan fingerprint density at radius 1 is 1.45 bits per heavy atom. The van der Waals surface area contributed by atoms with E-state index in [0.29, 0.717) is 4.31 Å². The van der Waals surface area contributed by atoms with Gasteiger partial charge in [0.2, 0.25) is 15.9 Å². The number of benzene rings is 1. The summed E-state index contributed by atoms with van der Waals surface area (Å²) in [7, 11) is -4.44. The molecule has 0 radical (unpaired) electrons. The van der Waals surface area contributed by atoms with Crippen LogP contribution in [0, 0.1) is 5.82 Å². The topological polar surface area (TPSA) is 80.5 Å². The molecule has 0 aliphatic carbocycles. The predicted octanol–water partition coefficient (Wildman–Crippen LogP) is 1.07. The molecule has 20 heavy (non-hydrogen) atoms. The highest BCUT2D eigenvalue weighted by atomic mass is 35.5. The SMILES string of the molecule is NC(=O)[C@@H]1C[C@@H](F)CN1S(=O)(=O)c1c(F)cccc1Cl. The normalized spacial score (nSPS) is 23.9. The van der Waals surface area contributed by atoms with Crippen molar-refractivity contribution < 1.29 is 22.0 Å². The van der Waals surface area contributed by atoms with Crippen LogP contribution in [0.1, 0.15) is 6.42 Å². The summed E-state index contributed by atoms with van der Waals surface area (Å²) >= 11 is 5.70. The third kappa shape index (κ3) is 2.50. The third-order valence-corrected chi connectivity index (χ3v) is 5.40. The summed E-state index contributed by atoms with van der Waals surface area (Å²) in [4.78, 5) is 10.5. The average molecular weight is 325 g/mol. The summed E-state index contributed by atoms with van der Waals surface area (Å²) in [6.45, 7) is -0.555. The van der Waals surface area contributed by atoms with Crippen molar-refractivity contribution in [1.82, 2.24) is 4.31 Å². The molecule has 2 atom stereocenters. The molecule has 1 amide bonds. The number of sulfonamides is 1. The van der Waals surface area contributed by atoms with Gasteiger partial charge in [-0.1, -0.05) is 17.7 Å². The van der Waals surface area contributed by atoms with Crippen molar-refractivity contribution in [2.24, 2.45) is 5.73 Å². The van der Waals surface area contributed by atoms with Crippen molar-refractivity contribution in [3.05, 3.63) is 29.0 Å². The lowest BCUT2D eigenvalue weighted by Gasteiger charge is -2.22. The molecule has 1 aromatic rings. The van der Waals surface area contributed by atoms with Crippen LogP contribution in [0.4, 0.5) is 8.78 Å². The maximum Gasteiger partial charge on any atom is 0.248 e. The number of amides is 1. The van der Waals surface area contributed by atoms with Gasteiger partial charge < -0.3 is 5.73 Å². The molecule has 0 aromatic heterocycles. The molecule has 110 valence electrons. The van der Waals surface area contributed by atoms with Crippen LogP contribution in [-0.2, 0) is 14.8 Å². The molecule has 1 heterocycles. The minimum atomic E-state index is -4.44. The van der Waals surface area contributed by atoms with Gasteiger partial charge in [0, 0.05) is 13.0 Å². The Morgan fingerprint density at radius 2 is 2.10 bits per heavy atom. The van der Waals surface area contributed by atoms with E-state index in [4.69, 9.17) is 17.3 Å². The Balaban J connectivity index is 2.52. The monoisotopic (exact) mass is 324 g/mol. The number of rotatable bonds is 3. The lowest BCUT2D eigenvalue weighted by atomic mass is 10.2. The summed E-state index contributed by atoms with van der Waals surface area (Å²) in [5.41, 5.74) is 5.06. The average Bonchev–Trinajstić information content (AvgIpc) is 2.71. The van der Waals surface area contributed by atoms with E-state index in [1.165, 1.54) is 12.1 Å². The largest absolute Gasteiger partial charge is 0.368 e. The van der Waals surface area contributed by atoms with E-state index in [-0.39, 0.29) is 11.4 Å². The first-order valence-electron chi connectivity index (χ1n) is 5.64. The second kappa shape index (κ2) is 5.27. The predicted molar refractivity (Wildman–Crippen MR) is 67.8 cm³/mol. The van der Waals surface area contributed by atoms with Crippen LogP contribution < -0.4 is 5.73 Å². The number of halogens is 3. The lowest BCUT2D eigenvalue weighted by Crippen LogP contribution is -2.43. The van der Waals surface area contributed by atoms with Gasteiger partial charge in [-0.25, -0.2) is 17.2 Å². The van der Waals surface area contributed by atoms with Crippen LogP contribution in [0.15, 0.2) is 23.1 Å². The number of primary amides is 1. The van der Waals surface area contributed by atoms with Crippen LogP contribution in [0.25, 0.3) is 0 Å². The van der Waals surface area contributed by atoms with Gasteiger partial charge in [0.15, 0.2) is 0 Å². The van der Waals surface area contributed by atoms with Crippen LogP contribution >= 0.6 is 11.6 Å². The Hall–Kier alpha value is -1.25. The van der Waals surface area contributed by atoms with Crippen molar-refractivity contribution >= 4 is 27.5 Å². The smallest absolute Gasteiger partial charge is 0.248 e. The molecule has 0 bridgehead atoms. The maximum atomic E-state index is 13.7. The molecule has 0 unspecified atom stereocenters. The molecule has 1 fully saturated rings. The number of nitrogens with zero attached hydrogens (tertiary/aromatic N) is 1. The number of carbonyl (C=O) groups excluding carboxylic acids is 1. The van der Waals surface area contributed by atoms with Crippen molar-refractivity contribution in [3.8, 4) is 0 Å². The number of nitrogens with two attached hydrogens (primary N) is 1. The number of carbonyl (C=O) groups is 1. The first-order valence-corrected chi connectivity index (χ1v) is 7.46. The van der Waals surface area contributed by atoms with Crippen LogP contribution in [0.2, 0.25) is 5.02 Å². The number of alkyl halides is 1. The third-order valence-electron chi connectivity index (χ3n) is 3.02. The zero-order valence-electron chi connectivity index (χ0n) is 10.1. The number of hydrogen-bond acceptors (Lipinski definition) is 3. The van der Waals surface area contributed by atoms with Gasteiger partial charge in [0.05, 0.1) is 5.02 Å². The standard InChI is InChI=1S/C11H11ClF2N2O3S/c12-7-2-1-3-8(14)10(7)20(18,19)16-5-6(13)4-9(16)11(15)17/h1-3,6,9H,4-5H2,(H2,15,17)/t6-,9+/m1/s1. The van der Waals surface area contributed by atoms with E-state index in [9.17, 15) is 22.0 Å². The highest BCUT2D eigenvalue weighted by molar-refractivity contribution is 7.89. The quantitative estimate of drug-likeness (QED) is 0.903. The maximum absolute atomic E-state index is 13.7. The highest BCUT2D eigenvalue weighted by Crippen LogP contribution is 2.32. The molecule has 0 spiro atoms. The van der Waals surface area contributed by atoms with Gasteiger partial charge in [0.1, 0.15) is 22.9 Å². The zero-order valence-corrected chi connectivity index (χ0v) is 11.7. The van der Waals surface area contributed by atoms with Crippen LogP contribution in [-0.4, -0.2) is 37.4 Å². The summed E-state index contributed by atoms with van der Waals surface area (Å²) in [6.07, 6.45) is -1.88. The van der Waals surface area contributed by atoms with Crippen molar-refractivity contribution in [1.29, 1.82) is 0 Å². The minimum absolute atomic E-state index is 0.337. The van der Waals surface area contributed by atoms with Gasteiger partial charge in [-0.3, -0.25) is 4.79 Å². The summed E-state index contributed by atoms with van der Waals surface area (Å²) < 4.78 is 52.4. The molecule has 1 aliphatic heterocycles. The van der Waals surface area contributed by atoms with E-state index in [2.05, 4.69) is 0 Å².